The van der Waals surface area contributed by atoms with Crippen molar-refractivity contribution in [1.29, 1.82) is 0 Å². The third-order valence-electron chi connectivity index (χ3n) is 3.15. The number of hydrogen-bond donors (Lipinski definition) is 0. The van der Waals surface area contributed by atoms with Crippen LogP contribution in [-0.4, -0.2) is 4.98 Å². The van der Waals surface area contributed by atoms with Crippen molar-refractivity contribution in [2.75, 3.05) is 0 Å². The smallest absolute Gasteiger partial charge is 0.0447 e. The van der Waals surface area contributed by atoms with Crippen LogP contribution < -0.4 is 0 Å². The van der Waals surface area contributed by atoms with Gasteiger partial charge in [0.25, 0.3) is 0 Å². The Bertz CT molecular complexity index is 645. The van der Waals surface area contributed by atoms with E-state index in [-0.39, 0.29) is 0 Å². The normalized spacial score (nSPS) is 10.3. The van der Waals surface area contributed by atoms with Gasteiger partial charge < -0.3 is 0 Å². The second kappa shape index (κ2) is 5.49. The number of pyridine rings is 1. The van der Waals surface area contributed by atoms with Crippen molar-refractivity contribution in [3.8, 4) is 11.1 Å². The highest BCUT2D eigenvalue weighted by atomic mass is 14.7. The molecule has 0 bridgehead atoms. The van der Waals surface area contributed by atoms with Gasteiger partial charge >= 0.3 is 0 Å². The summed E-state index contributed by atoms with van der Waals surface area (Å²) in [6.45, 7) is 0. The molecule has 0 unspecified atom stereocenters. The second-order valence-electron chi connectivity index (χ2n) is 4.56. The van der Waals surface area contributed by atoms with Crippen LogP contribution >= 0.6 is 0 Å². The van der Waals surface area contributed by atoms with Crippen molar-refractivity contribution in [3.05, 3.63) is 90.3 Å². The molecule has 3 aromatic rings. The molecule has 3 rings (SSSR count). The lowest BCUT2D eigenvalue weighted by molar-refractivity contribution is 1.07. The number of rotatable bonds is 3. The van der Waals surface area contributed by atoms with Gasteiger partial charge in [-0.2, -0.15) is 0 Å². The summed E-state index contributed by atoms with van der Waals surface area (Å²) < 4.78 is 0. The van der Waals surface area contributed by atoms with Gasteiger partial charge in [-0.25, -0.2) is 0 Å². The van der Waals surface area contributed by atoms with Crippen LogP contribution in [0.1, 0.15) is 11.3 Å². The molecular formula is C18H15N. The van der Waals surface area contributed by atoms with E-state index in [0.29, 0.717) is 0 Å². The molecule has 2 aromatic carbocycles. The molecule has 0 fully saturated rings. The zero-order chi connectivity index (χ0) is 12.9. The van der Waals surface area contributed by atoms with Crippen LogP contribution in [0.2, 0.25) is 0 Å². The molecule has 0 aliphatic carbocycles. The molecule has 19 heavy (non-hydrogen) atoms. The molecule has 0 spiro atoms. The Morgan fingerprint density at radius 3 is 2.26 bits per heavy atom. The van der Waals surface area contributed by atoms with Crippen LogP contribution in [0.15, 0.2) is 79.0 Å². The Kier molecular flexibility index (Phi) is 3.37. The van der Waals surface area contributed by atoms with Gasteiger partial charge in [0.1, 0.15) is 0 Å². The minimum atomic E-state index is 0.877. The van der Waals surface area contributed by atoms with E-state index >= 15 is 0 Å². The van der Waals surface area contributed by atoms with Gasteiger partial charge in [-0.05, 0) is 28.8 Å². The fourth-order valence-corrected chi connectivity index (χ4v) is 2.20. The fraction of sp³-hybridized carbons (Fsp3) is 0.0556. The molecule has 0 amide bonds. The Hall–Kier alpha value is -2.41. The lowest BCUT2D eigenvalue weighted by Gasteiger charge is -2.05. The molecular weight excluding hydrogens is 230 g/mol. The van der Waals surface area contributed by atoms with Crippen LogP contribution in [-0.2, 0) is 6.42 Å². The van der Waals surface area contributed by atoms with Gasteiger partial charge in [0, 0.05) is 18.3 Å². The van der Waals surface area contributed by atoms with Crippen molar-refractivity contribution in [3.63, 3.8) is 0 Å². The topological polar surface area (TPSA) is 12.9 Å². The van der Waals surface area contributed by atoms with E-state index in [4.69, 9.17) is 0 Å². The number of nitrogens with zero attached hydrogens (tertiary/aromatic N) is 1. The van der Waals surface area contributed by atoms with E-state index in [1.165, 1.54) is 16.7 Å². The minimum Gasteiger partial charge on any atom is -0.261 e. The highest BCUT2D eigenvalue weighted by Crippen LogP contribution is 2.20. The lowest BCUT2D eigenvalue weighted by atomic mass is 10.0. The van der Waals surface area contributed by atoms with Gasteiger partial charge in [0.2, 0.25) is 0 Å². The first-order valence-corrected chi connectivity index (χ1v) is 6.46. The molecule has 0 aliphatic heterocycles. The summed E-state index contributed by atoms with van der Waals surface area (Å²) in [7, 11) is 0. The molecule has 1 heterocycles. The quantitative estimate of drug-likeness (QED) is 0.669. The summed E-state index contributed by atoms with van der Waals surface area (Å²) in [6, 6.07) is 25.2. The zero-order valence-corrected chi connectivity index (χ0v) is 10.7. The van der Waals surface area contributed by atoms with Crippen molar-refractivity contribution < 1.29 is 0 Å². The van der Waals surface area contributed by atoms with Crippen molar-refractivity contribution in [1.82, 2.24) is 4.98 Å². The third-order valence-corrected chi connectivity index (χ3v) is 3.15. The van der Waals surface area contributed by atoms with Crippen LogP contribution in [0.4, 0.5) is 0 Å². The molecule has 0 saturated heterocycles. The first kappa shape index (κ1) is 11.7. The van der Waals surface area contributed by atoms with E-state index in [9.17, 15) is 0 Å². The van der Waals surface area contributed by atoms with Crippen LogP contribution in [0.25, 0.3) is 11.1 Å². The molecule has 1 aromatic heterocycles. The summed E-state index contributed by atoms with van der Waals surface area (Å²) in [5, 5.41) is 0. The summed E-state index contributed by atoms with van der Waals surface area (Å²) in [5.41, 5.74) is 4.91. The van der Waals surface area contributed by atoms with E-state index in [1.54, 1.807) is 0 Å². The van der Waals surface area contributed by atoms with Crippen LogP contribution in [0.3, 0.4) is 0 Å². The summed E-state index contributed by atoms with van der Waals surface area (Å²) in [5.74, 6) is 0. The number of aromatic nitrogens is 1. The van der Waals surface area contributed by atoms with Crippen molar-refractivity contribution in [2.24, 2.45) is 0 Å². The Labute approximate surface area is 113 Å². The van der Waals surface area contributed by atoms with Crippen molar-refractivity contribution >= 4 is 0 Å². The predicted molar refractivity (Wildman–Crippen MR) is 78.9 cm³/mol. The second-order valence-corrected chi connectivity index (χ2v) is 4.56. The maximum Gasteiger partial charge on any atom is 0.0447 e. The zero-order valence-electron chi connectivity index (χ0n) is 10.7. The fourth-order valence-electron chi connectivity index (χ4n) is 2.20. The average Bonchev–Trinajstić information content (AvgIpc) is 2.49. The molecule has 0 radical (unpaired) electrons. The molecule has 0 N–H and O–H groups in total. The van der Waals surface area contributed by atoms with Crippen LogP contribution in [0, 0.1) is 0 Å². The van der Waals surface area contributed by atoms with Crippen molar-refractivity contribution in [2.45, 2.75) is 6.42 Å². The number of benzene rings is 2. The van der Waals surface area contributed by atoms with E-state index < -0.39 is 0 Å². The van der Waals surface area contributed by atoms with Gasteiger partial charge in [-0.1, -0.05) is 60.7 Å². The molecule has 0 atom stereocenters. The Balaban J connectivity index is 1.89. The van der Waals surface area contributed by atoms with Gasteiger partial charge in [0.15, 0.2) is 0 Å². The van der Waals surface area contributed by atoms with Crippen LogP contribution in [0.5, 0.6) is 0 Å². The predicted octanol–water partition coefficient (Wildman–Crippen LogP) is 4.34. The lowest BCUT2D eigenvalue weighted by Crippen LogP contribution is -1.91. The monoisotopic (exact) mass is 245 g/mol. The first-order chi connectivity index (χ1) is 9.42. The molecule has 0 aliphatic rings. The number of hydrogen-bond acceptors (Lipinski definition) is 1. The van der Waals surface area contributed by atoms with E-state index in [0.717, 1.165) is 12.1 Å². The SMILES string of the molecule is c1ccc(-c2cccc(Cc3ccccn3)c2)cc1. The highest BCUT2D eigenvalue weighted by molar-refractivity contribution is 5.64. The maximum absolute atomic E-state index is 4.38. The molecule has 0 saturated carbocycles. The average molecular weight is 245 g/mol. The van der Waals surface area contributed by atoms with Gasteiger partial charge in [-0.15, -0.1) is 0 Å². The third kappa shape index (κ3) is 2.89. The summed E-state index contributed by atoms with van der Waals surface area (Å²) in [4.78, 5) is 4.38. The molecule has 92 valence electrons. The van der Waals surface area contributed by atoms with E-state index in [1.807, 2.05) is 24.4 Å². The van der Waals surface area contributed by atoms with E-state index in [2.05, 4.69) is 59.6 Å². The van der Waals surface area contributed by atoms with Gasteiger partial charge in [-0.3, -0.25) is 4.98 Å². The molecule has 1 heteroatoms. The Morgan fingerprint density at radius 2 is 1.47 bits per heavy atom. The summed E-state index contributed by atoms with van der Waals surface area (Å²) in [6.07, 6.45) is 2.72. The largest absolute Gasteiger partial charge is 0.261 e. The standard InChI is InChI=1S/C18H15N/c1-2-8-16(9-3-1)17-10-6-7-15(13-17)14-18-11-4-5-12-19-18/h1-13H,14H2. The summed E-state index contributed by atoms with van der Waals surface area (Å²) >= 11 is 0. The minimum absolute atomic E-state index is 0.877. The maximum atomic E-state index is 4.38. The Morgan fingerprint density at radius 1 is 0.684 bits per heavy atom. The highest BCUT2D eigenvalue weighted by Gasteiger charge is 2.00. The first-order valence-electron chi connectivity index (χ1n) is 6.46. The van der Waals surface area contributed by atoms with Gasteiger partial charge in [0.05, 0.1) is 0 Å². The molecule has 1 nitrogen and oxygen atoms in total.